The highest BCUT2D eigenvalue weighted by atomic mass is 15.2. The van der Waals surface area contributed by atoms with Gasteiger partial charge in [-0.3, -0.25) is 4.98 Å². The summed E-state index contributed by atoms with van der Waals surface area (Å²) in [5, 5.41) is 0. The van der Waals surface area contributed by atoms with Crippen LogP contribution in [0.2, 0.25) is 0 Å². The van der Waals surface area contributed by atoms with Crippen LogP contribution in [0.25, 0.3) is 5.70 Å². The molecule has 3 nitrogen and oxygen atoms in total. The van der Waals surface area contributed by atoms with Crippen molar-refractivity contribution in [1.29, 1.82) is 0 Å². The van der Waals surface area contributed by atoms with E-state index in [-0.39, 0.29) is 0 Å². The SMILES string of the molecule is C=CN1CC2=C(C1)CN(C(=C)c1cc(CCC3CCCCC3)nc(C3CC3)c1)C2. The van der Waals surface area contributed by atoms with Crippen LogP contribution in [0.3, 0.4) is 0 Å². The molecule has 1 aromatic rings. The zero-order valence-electron chi connectivity index (χ0n) is 17.8. The second-order valence-electron chi connectivity index (χ2n) is 9.69. The smallest absolute Gasteiger partial charge is 0.0444 e. The molecule has 154 valence electrons. The van der Waals surface area contributed by atoms with E-state index in [2.05, 4.69) is 35.1 Å². The number of hydrogen-bond donors (Lipinski definition) is 0. The Labute approximate surface area is 176 Å². The molecule has 0 radical (unpaired) electrons. The van der Waals surface area contributed by atoms with Gasteiger partial charge in [0.15, 0.2) is 0 Å². The van der Waals surface area contributed by atoms with Gasteiger partial charge in [0.2, 0.25) is 0 Å². The lowest BCUT2D eigenvalue weighted by atomic mass is 9.85. The van der Waals surface area contributed by atoms with Crippen LogP contribution >= 0.6 is 0 Å². The first-order chi connectivity index (χ1) is 14.2. The predicted octanol–water partition coefficient (Wildman–Crippen LogP) is 5.51. The third-order valence-corrected chi connectivity index (χ3v) is 7.45. The van der Waals surface area contributed by atoms with Crippen molar-refractivity contribution in [2.45, 2.75) is 63.7 Å². The topological polar surface area (TPSA) is 19.4 Å². The van der Waals surface area contributed by atoms with Crippen molar-refractivity contribution in [2.24, 2.45) is 5.92 Å². The Balaban J connectivity index is 1.28. The van der Waals surface area contributed by atoms with E-state index in [9.17, 15) is 0 Å². The Morgan fingerprint density at radius 2 is 1.72 bits per heavy atom. The van der Waals surface area contributed by atoms with Crippen molar-refractivity contribution in [3.63, 3.8) is 0 Å². The maximum atomic E-state index is 5.08. The Kier molecular flexibility index (Phi) is 5.24. The summed E-state index contributed by atoms with van der Waals surface area (Å²) in [5.41, 5.74) is 8.25. The summed E-state index contributed by atoms with van der Waals surface area (Å²) < 4.78 is 0. The van der Waals surface area contributed by atoms with Crippen LogP contribution in [0.4, 0.5) is 0 Å². The van der Waals surface area contributed by atoms with E-state index in [0.29, 0.717) is 5.92 Å². The van der Waals surface area contributed by atoms with E-state index in [1.165, 1.54) is 74.0 Å². The van der Waals surface area contributed by atoms with Crippen molar-refractivity contribution < 1.29 is 0 Å². The zero-order chi connectivity index (χ0) is 19.8. The fourth-order valence-electron chi connectivity index (χ4n) is 5.43. The average Bonchev–Trinajstić information content (AvgIpc) is 3.42. The normalized spacial score (nSPS) is 22.3. The number of hydrogen-bond acceptors (Lipinski definition) is 3. The predicted molar refractivity (Wildman–Crippen MR) is 121 cm³/mol. The molecule has 3 heterocycles. The van der Waals surface area contributed by atoms with Crippen molar-refractivity contribution >= 4 is 5.70 Å². The minimum atomic E-state index is 0.694. The molecule has 3 heteroatoms. The zero-order valence-corrected chi connectivity index (χ0v) is 17.8. The Morgan fingerprint density at radius 1 is 1.00 bits per heavy atom. The number of aryl methyl sites for hydroxylation is 1. The van der Waals surface area contributed by atoms with Gasteiger partial charge < -0.3 is 9.80 Å². The van der Waals surface area contributed by atoms with Crippen molar-refractivity contribution in [2.75, 3.05) is 26.2 Å². The molecule has 0 atom stereocenters. The molecule has 0 aromatic carbocycles. The highest BCUT2D eigenvalue weighted by Crippen LogP contribution is 2.40. The second kappa shape index (κ2) is 8.01. The lowest BCUT2D eigenvalue weighted by Crippen LogP contribution is -2.26. The third-order valence-electron chi connectivity index (χ3n) is 7.45. The molecule has 2 aliphatic heterocycles. The first kappa shape index (κ1) is 19.0. The molecule has 0 amide bonds. The van der Waals surface area contributed by atoms with Crippen LogP contribution < -0.4 is 0 Å². The molecule has 1 aromatic heterocycles. The second-order valence-corrected chi connectivity index (χ2v) is 9.69. The molecule has 4 aliphatic rings. The quantitative estimate of drug-likeness (QED) is 0.573. The number of rotatable bonds is 7. The van der Waals surface area contributed by atoms with E-state index in [0.717, 1.165) is 38.5 Å². The summed E-state index contributed by atoms with van der Waals surface area (Å²) in [6.45, 7) is 12.6. The maximum absolute atomic E-state index is 5.08. The van der Waals surface area contributed by atoms with Crippen LogP contribution in [0.5, 0.6) is 0 Å². The van der Waals surface area contributed by atoms with Gasteiger partial charge in [0.05, 0.1) is 0 Å². The average molecular weight is 390 g/mol. The summed E-state index contributed by atoms with van der Waals surface area (Å²) in [5.74, 6) is 1.61. The molecule has 2 fully saturated rings. The summed E-state index contributed by atoms with van der Waals surface area (Å²) in [6, 6.07) is 4.68. The first-order valence-corrected chi connectivity index (χ1v) is 11.7. The molecule has 29 heavy (non-hydrogen) atoms. The molecule has 5 rings (SSSR count). The highest BCUT2D eigenvalue weighted by molar-refractivity contribution is 5.64. The van der Waals surface area contributed by atoms with Gasteiger partial charge in [0.25, 0.3) is 0 Å². The molecule has 0 N–H and O–H groups in total. The van der Waals surface area contributed by atoms with Crippen LogP contribution in [-0.4, -0.2) is 41.0 Å². The van der Waals surface area contributed by atoms with Gasteiger partial charge in [0, 0.05) is 54.7 Å². The highest BCUT2D eigenvalue weighted by Gasteiger charge is 2.30. The van der Waals surface area contributed by atoms with Gasteiger partial charge in [-0.1, -0.05) is 45.3 Å². The van der Waals surface area contributed by atoms with E-state index in [4.69, 9.17) is 4.98 Å². The van der Waals surface area contributed by atoms with Crippen LogP contribution in [0, 0.1) is 5.92 Å². The monoisotopic (exact) mass is 389 g/mol. The molecule has 0 unspecified atom stereocenters. The van der Waals surface area contributed by atoms with Gasteiger partial charge in [-0.15, -0.1) is 0 Å². The Bertz CT molecular complexity index is 808. The van der Waals surface area contributed by atoms with E-state index >= 15 is 0 Å². The van der Waals surface area contributed by atoms with E-state index < -0.39 is 0 Å². The summed E-state index contributed by atoms with van der Waals surface area (Å²) in [7, 11) is 0. The number of pyridine rings is 1. The van der Waals surface area contributed by atoms with E-state index in [1.54, 1.807) is 11.1 Å². The van der Waals surface area contributed by atoms with Gasteiger partial charge >= 0.3 is 0 Å². The molecule has 0 spiro atoms. The van der Waals surface area contributed by atoms with Gasteiger partial charge in [0.1, 0.15) is 0 Å². The van der Waals surface area contributed by atoms with E-state index in [1.807, 2.05) is 6.20 Å². The lowest BCUT2D eigenvalue weighted by Gasteiger charge is -2.26. The van der Waals surface area contributed by atoms with Crippen LogP contribution in [0.1, 0.15) is 74.2 Å². The lowest BCUT2D eigenvalue weighted by molar-refractivity contribution is 0.338. The molecule has 2 saturated carbocycles. The van der Waals surface area contributed by atoms with Crippen molar-refractivity contribution in [3.05, 3.63) is 59.6 Å². The molecule has 2 aliphatic carbocycles. The van der Waals surface area contributed by atoms with Crippen molar-refractivity contribution in [1.82, 2.24) is 14.8 Å². The molecular formula is C26H35N3. The summed E-state index contributed by atoms with van der Waals surface area (Å²) in [6.07, 6.45) is 14.2. The largest absolute Gasteiger partial charge is 0.370 e. The molecule has 0 saturated heterocycles. The Morgan fingerprint density at radius 3 is 2.38 bits per heavy atom. The molecular weight excluding hydrogens is 354 g/mol. The summed E-state index contributed by atoms with van der Waals surface area (Å²) >= 11 is 0. The first-order valence-electron chi connectivity index (χ1n) is 11.7. The van der Waals surface area contributed by atoms with Gasteiger partial charge in [-0.2, -0.15) is 0 Å². The minimum absolute atomic E-state index is 0.694. The maximum Gasteiger partial charge on any atom is 0.0444 e. The van der Waals surface area contributed by atoms with Crippen LogP contribution in [-0.2, 0) is 6.42 Å². The fraction of sp³-hybridized carbons (Fsp3) is 0.577. The third kappa shape index (κ3) is 4.15. The van der Waals surface area contributed by atoms with Gasteiger partial charge in [-0.05, 0) is 61.1 Å². The van der Waals surface area contributed by atoms with Crippen LogP contribution in [0.15, 0.2) is 42.6 Å². The minimum Gasteiger partial charge on any atom is -0.370 e. The van der Waals surface area contributed by atoms with Gasteiger partial charge in [-0.25, -0.2) is 0 Å². The Hall–Kier alpha value is -2.03. The summed E-state index contributed by atoms with van der Waals surface area (Å²) in [4.78, 5) is 9.86. The number of nitrogens with zero attached hydrogens (tertiary/aromatic N) is 3. The number of aromatic nitrogens is 1. The van der Waals surface area contributed by atoms with Crippen molar-refractivity contribution in [3.8, 4) is 0 Å². The standard InChI is InChI=1S/C26H35N3/c1-3-28-15-23-17-29(18-24(23)16-28)19(2)22-13-25(27-26(14-22)21-10-11-21)12-9-20-7-5-4-6-8-20/h3,13-14,20-21H,1-2,4-12,15-18H2. The fourth-order valence-corrected chi connectivity index (χ4v) is 5.43. The molecule has 0 bridgehead atoms.